The molecule has 0 aliphatic carbocycles. The number of anilines is 2. The predicted molar refractivity (Wildman–Crippen MR) is 136 cm³/mol. The van der Waals surface area contributed by atoms with Crippen molar-refractivity contribution >= 4 is 33.7 Å². The number of aromatic nitrogens is 2. The molecule has 0 unspecified atom stereocenters. The standard InChI is InChI=1S/C25H28N6OS/c1-27-14-17-4-2-3-5-20(17)19-12-22(33-16-19)24(26)30-25-21-13-23(31-8-10-32-11-9-31)29-15-18(21)6-7-28-25/h2-7,12-13,15-16,24,27H,8-11,14,26H2,1H3,(H,28,30)/t24-/m0/s1. The fourth-order valence-electron chi connectivity index (χ4n) is 4.16. The number of morpholine rings is 1. The van der Waals surface area contributed by atoms with E-state index in [-0.39, 0.29) is 6.17 Å². The summed E-state index contributed by atoms with van der Waals surface area (Å²) in [5.74, 6) is 1.71. The van der Waals surface area contributed by atoms with Gasteiger partial charge in [0, 0.05) is 47.7 Å². The first-order valence-electron chi connectivity index (χ1n) is 11.1. The lowest BCUT2D eigenvalue weighted by Gasteiger charge is -2.28. The number of benzene rings is 1. The van der Waals surface area contributed by atoms with Gasteiger partial charge in [-0.25, -0.2) is 9.97 Å². The Morgan fingerprint density at radius 3 is 2.85 bits per heavy atom. The Hall–Kier alpha value is -3.04. The van der Waals surface area contributed by atoms with Gasteiger partial charge in [0.15, 0.2) is 0 Å². The van der Waals surface area contributed by atoms with Gasteiger partial charge in [-0.05, 0) is 47.3 Å². The molecule has 0 radical (unpaired) electrons. The van der Waals surface area contributed by atoms with E-state index in [4.69, 9.17) is 10.5 Å². The third-order valence-corrected chi connectivity index (χ3v) is 6.90. The number of nitrogens with two attached hydrogens (primary N) is 1. The van der Waals surface area contributed by atoms with Gasteiger partial charge in [-0.15, -0.1) is 11.3 Å². The van der Waals surface area contributed by atoms with Crippen molar-refractivity contribution in [3.63, 3.8) is 0 Å². The number of nitrogens with zero attached hydrogens (tertiary/aromatic N) is 3. The molecule has 1 aliphatic rings. The molecule has 7 nitrogen and oxygen atoms in total. The molecule has 5 rings (SSSR count). The topological polar surface area (TPSA) is 88.3 Å². The highest BCUT2D eigenvalue weighted by Gasteiger charge is 2.16. The maximum Gasteiger partial charge on any atom is 0.135 e. The molecule has 33 heavy (non-hydrogen) atoms. The smallest absolute Gasteiger partial charge is 0.135 e. The first kappa shape index (κ1) is 21.8. The fourth-order valence-corrected chi connectivity index (χ4v) is 5.02. The van der Waals surface area contributed by atoms with Crippen molar-refractivity contribution in [2.24, 2.45) is 5.73 Å². The van der Waals surface area contributed by atoms with Crippen LogP contribution in [0.1, 0.15) is 16.6 Å². The summed E-state index contributed by atoms with van der Waals surface area (Å²) in [6, 6.07) is 14.7. The van der Waals surface area contributed by atoms with E-state index in [9.17, 15) is 0 Å². The van der Waals surface area contributed by atoms with Crippen LogP contribution < -0.4 is 21.3 Å². The van der Waals surface area contributed by atoms with E-state index in [2.05, 4.69) is 67.3 Å². The lowest BCUT2D eigenvalue weighted by molar-refractivity contribution is 0.122. The van der Waals surface area contributed by atoms with Crippen LogP contribution >= 0.6 is 11.3 Å². The second-order valence-electron chi connectivity index (χ2n) is 8.07. The number of hydrogen-bond donors (Lipinski definition) is 3. The number of pyridine rings is 2. The van der Waals surface area contributed by atoms with Gasteiger partial charge in [-0.1, -0.05) is 24.3 Å². The largest absolute Gasteiger partial charge is 0.378 e. The maximum atomic E-state index is 6.59. The average molecular weight is 461 g/mol. The summed E-state index contributed by atoms with van der Waals surface area (Å²) >= 11 is 1.66. The van der Waals surface area contributed by atoms with E-state index in [0.717, 1.165) is 60.1 Å². The molecule has 4 N–H and O–H groups in total. The van der Waals surface area contributed by atoms with Gasteiger partial charge in [0.1, 0.15) is 17.8 Å². The van der Waals surface area contributed by atoms with Crippen LogP contribution in [0.5, 0.6) is 0 Å². The molecule has 4 heterocycles. The van der Waals surface area contributed by atoms with Crippen molar-refractivity contribution in [1.29, 1.82) is 0 Å². The number of fused-ring (bicyclic) bond motifs is 1. The van der Waals surface area contributed by atoms with Gasteiger partial charge in [-0.2, -0.15) is 0 Å². The SMILES string of the molecule is CNCc1ccccc1-c1csc([C@@H](N)Nc2nccc3cnc(N4CCOCC4)cc23)c1. The third-order valence-electron chi connectivity index (χ3n) is 5.88. The monoisotopic (exact) mass is 460 g/mol. The quantitative estimate of drug-likeness (QED) is 0.360. The first-order valence-corrected chi connectivity index (χ1v) is 12.0. The predicted octanol–water partition coefficient (Wildman–Crippen LogP) is 3.98. The summed E-state index contributed by atoms with van der Waals surface area (Å²) in [6.07, 6.45) is 3.33. The van der Waals surface area contributed by atoms with E-state index in [0.29, 0.717) is 0 Å². The molecule has 8 heteroatoms. The Balaban J connectivity index is 1.40. The number of thiophene rings is 1. The highest BCUT2D eigenvalue weighted by Crippen LogP contribution is 2.32. The van der Waals surface area contributed by atoms with Crippen molar-refractivity contribution in [2.45, 2.75) is 12.7 Å². The molecule has 1 aromatic carbocycles. The number of ether oxygens (including phenoxy) is 1. The minimum Gasteiger partial charge on any atom is -0.378 e. The van der Waals surface area contributed by atoms with Crippen LogP contribution in [0.15, 0.2) is 60.2 Å². The molecule has 0 bridgehead atoms. The Bertz CT molecular complexity index is 1240. The zero-order valence-electron chi connectivity index (χ0n) is 18.6. The number of hydrogen-bond acceptors (Lipinski definition) is 8. The third kappa shape index (κ3) is 4.69. The van der Waals surface area contributed by atoms with Gasteiger partial charge < -0.3 is 26.0 Å². The van der Waals surface area contributed by atoms with Crippen LogP contribution in [0, 0.1) is 0 Å². The second-order valence-corrected chi connectivity index (χ2v) is 9.01. The van der Waals surface area contributed by atoms with Crippen LogP contribution in [-0.2, 0) is 11.3 Å². The lowest BCUT2D eigenvalue weighted by atomic mass is 10.0. The summed E-state index contributed by atoms with van der Waals surface area (Å²) in [5, 5.41) is 10.9. The van der Waals surface area contributed by atoms with Crippen molar-refractivity contribution in [2.75, 3.05) is 43.6 Å². The summed E-state index contributed by atoms with van der Waals surface area (Å²) in [4.78, 5) is 12.6. The molecule has 1 saturated heterocycles. The molecule has 1 atom stereocenters. The van der Waals surface area contributed by atoms with Crippen molar-refractivity contribution in [1.82, 2.24) is 15.3 Å². The Morgan fingerprint density at radius 1 is 1.15 bits per heavy atom. The Morgan fingerprint density at radius 2 is 2.00 bits per heavy atom. The lowest BCUT2D eigenvalue weighted by Crippen LogP contribution is -2.36. The summed E-state index contributed by atoms with van der Waals surface area (Å²) in [7, 11) is 1.97. The minimum absolute atomic E-state index is 0.363. The molecule has 4 aromatic rings. The van der Waals surface area contributed by atoms with Crippen LogP contribution in [-0.4, -0.2) is 43.3 Å². The highest BCUT2D eigenvalue weighted by atomic mass is 32.1. The molecule has 1 fully saturated rings. The van der Waals surface area contributed by atoms with Crippen LogP contribution in [0.2, 0.25) is 0 Å². The van der Waals surface area contributed by atoms with Crippen LogP contribution in [0.25, 0.3) is 21.9 Å². The van der Waals surface area contributed by atoms with E-state index < -0.39 is 0 Å². The maximum absolute atomic E-state index is 6.59. The van der Waals surface area contributed by atoms with Crippen LogP contribution in [0.3, 0.4) is 0 Å². The second kappa shape index (κ2) is 9.84. The zero-order valence-corrected chi connectivity index (χ0v) is 19.4. The Kier molecular flexibility index (Phi) is 6.50. The molecule has 1 aliphatic heterocycles. The van der Waals surface area contributed by atoms with Gasteiger partial charge in [0.05, 0.1) is 13.2 Å². The number of nitrogens with one attached hydrogen (secondary N) is 2. The summed E-state index contributed by atoms with van der Waals surface area (Å²) < 4.78 is 5.48. The molecule has 0 amide bonds. The van der Waals surface area contributed by atoms with Gasteiger partial charge in [-0.3, -0.25) is 0 Å². The van der Waals surface area contributed by atoms with Crippen LogP contribution in [0.4, 0.5) is 11.6 Å². The minimum atomic E-state index is -0.363. The van der Waals surface area contributed by atoms with E-state index in [1.807, 2.05) is 19.3 Å². The molecular weight excluding hydrogens is 432 g/mol. The van der Waals surface area contributed by atoms with Gasteiger partial charge in [0.25, 0.3) is 0 Å². The van der Waals surface area contributed by atoms with Gasteiger partial charge in [0.2, 0.25) is 0 Å². The van der Waals surface area contributed by atoms with Crippen molar-refractivity contribution in [3.05, 3.63) is 70.7 Å². The normalized spacial score (nSPS) is 15.0. The van der Waals surface area contributed by atoms with Crippen molar-refractivity contribution < 1.29 is 4.74 Å². The Labute approximate surface area is 197 Å². The molecular formula is C25H28N6OS. The molecule has 170 valence electrons. The van der Waals surface area contributed by atoms with Crippen molar-refractivity contribution in [3.8, 4) is 11.1 Å². The first-order chi connectivity index (χ1) is 16.2. The molecule has 0 saturated carbocycles. The molecule has 0 spiro atoms. The average Bonchev–Trinajstić information content (AvgIpc) is 3.35. The summed E-state index contributed by atoms with van der Waals surface area (Å²) in [5.41, 5.74) is 10.3. The van der Waals surface area contributed by atoms with Gasteiger partial charge >= 0.3 is 0 Å². The summed E-state index contributed by atoms with van der Waals surface area (Å²) in [6.45, 7) is 3.95. The van der Waals surface area contributed by atoms with E-state index in [1.165, 1.54) is 16.7 Å². The van der Waals surface area contributed by atoms with E-state index >= 15 is 0 Å². The highest BCUT2D eigenvalue weighted by molar-refractivity contribution is 7.10. The zero-order chi connectivity index (χ0) is 22.6. The molecule has 3 aromatic heterocycles. The van der Waals surface area contributed by atoms with E-state index in [1.54, 1.807) is 17.5 Å². The number of rotatable bonds is 7. The fraction of sp³-hybridized carbons (Fsp3) is 0.280.